The van der Waals surface area contributed by atoms with Gasteiger partial charge < -0.3 is 4.74 Å². The Morgan fingerprint density at radius 1 is 1.38 bits per heavy atom. The van der Waals surface area contributed by atoms with Crippen LogP contribution in [0.3, 0.4) is 0 Å². The summed E-state index contributed by atoms with van der Waals surface area (Å²) >= 11 is 1.51. The fourth-order valence-corrected chi connectivity index (χ4v) is 3.78. The third kappa shape index (κ3) is 3.66. The highest BCUT2D eigenvalue weighted by molar-refractivity contribution is 7.14. The summed E-state index contributed by atoms with van der Waals surface area (Å²) in [5.41, 5.74) is 1.84. The lowest BCUT2D eigenvalue weighted by molar-refractivity contribution is -0.115. The van der Waals surface area contributed by atoms with Crippen molar-refractivity contribution in [2.75, 3.05) is 18.1 Å². The highest BCUT2D eigenvalue weighted by atomic mass is 32.1. The standard InChI is InChI=1S/C18H23N3O2S/c1-13-14(2)23-10-9-20(13)11-16-12-24-18(19-16)21(15(3)22)17-7-5-4-6-8-17/h4-8,12-14H,9-11H2,1-3H3/t13-,14-/m0/s1. The maximum Gasteiger partial charge on any atom is 0.230 e. The van der Waals surface area contributed by atoms with E-state index in [9.17, 15) is 4.79 Å². The van der Waals surface area contributed by atoms with E-state index in [0.29, 0.717) is 6.04 Å². The van der Waals surface area contributed by atoms with Crippen LogP contribution in [0.5, 0.6) is 0 Å². The highest BCUT2D eigenvalue weighted by Crippen LogP contribution is 2.29. The van der Waals surface area contributed by atoms with Crippen LogP contribution in [0.25, 0.3) is 0 Å². The van der Waals surface area contributed by atoms with Crippen molar-refractivity contribution in [3.05, 3.63) is 41.4 Å². The number of hydrogen-bond donors (Lipinski definition) is 0. The van der Waals surface area contributed by atoms with E-state index in [2.05, 4.69) is 18.7 Å². The SMILES string of the molecule is CC(=O)N(c1ccccc1)c1nc(CN2CCO[C@@H](C)[C@@H]2C)cs1. The topological polar surface area (TPSA) is 45.7 Å². The third-order valence-electron chi connectivity index (χ3n) is 4.44. The third-order valence-corrected chi connectivity index (χ3v) is 5.31. The number of benzene rings is 1. The normalized spacial score (nSPS) is 21.6. The number of nitrogens with zero attached hydrogens (tertiary/aromatic N) is 3. The number of ether oxygens (including phenoxy) is 1. The van der Waals surface area contributed by atoms with Crippen LogP contribution in [-0.4, -0.2) is 41.1 Å². The molecule has 0 unspecified atom stereocenters. The number of anilines is 2. The average Bonchev–Trinajstić information content (AvgIpc) is 3.01. The fourth-order valence-electron chi connectivity index (χ4n) is 2.90. The predicted octanol–water partition coefficient (Wildman–Crippen LogP) is 3.44. The van der Waals surface area contributed by atoms with E-state index in [4.69, 9.17) is 9.72 Å². The quantitative estimate of drug-likeness (QED) is 0.852. The van der Waals surface area contributed by atoms with Gasteiger partial charge in [-0.05, 0) is 26.0 Å². The van der Waals surface area contributed by atoms with Crippen molar-refractivity contribution in [2.45, 2.75) is 39.5 Å². The molecular formula is C18H23N3O2S. The molecule has 1 aromatic carbocycles. The maximum atomic E-state index is 12.1. The lowest BCUT2D eigenvalue weighted by atomic mass is 10.1. The Morgan fingerprint density at radius 3 is 2.83 bits per heavy atom. The molecule has 0 N–H and O–H groups in total. The second-order valence-corrected chi connectivity index (χ2v) is 6.93. The molecule has 5 nitrogen and oxygen atoms in total. The summed E-state index contributed by atoms with van der Waals surface area (Å²) in [5.74, 6) is -0.0320. The van der Waals surface area contributed by atoms with Gasteiger partial charge in [0.2, 0.25) is 5.91 Å². The molecule has 1 fully saturated rings. The average molecular weight is 345 g/mol. The van der Waals surface area contributed by atoms with Gasteiger partial charge in [-0.15, -0.1) is 11.3 Å². The molecule has 0 aliphatic carbocycles. The first-order valence-electron chi connectivity index (χ1n) is 8.22. The molecule has 0 spiro atoms. The molecule has 2 aromatic rings. The van der Waals surface area contributed by atoms with Gasteiger partial charge in [-0.1, -0.05) is 18.2 Å². The van der Waals surface area contributed by atoms with Crippen LogP contribution < -0.4 is 4.90 Å². The lowest BCUT2D eigenvalue weighted by Gasteiger charge is -2.37. The van der Waals surface area contributed by atoms with Crippen LogP contribution in [0.15, 0.2) is 35.7 Å². The predicted molar refractivity (Wildman–Crippen MR) is 96.7 cm³/mol. The van der Waals surface area contributed by atoms with E-state index in [1.807, 2.05) is 35.7 Å². The van der Waals surface area contributed by atoms with Gasteiger partial charge in [0.1, 0.15) is 0 Å². The molecule has 3 rings (SSSR count). The van der Waals surface area contributed by atoms with Gasteiger partial charge in [0.05, 0.1) is 24.1 Å². The van der Waals surface area contributed by atoms with Crippen molar-refractivity contribution in [2.24, 2.45) is 0 Å². The molecule has 1 aliphatic rings. The summed E-state index contributed by atoms with van der Waals surface area (Å²) in [7, 11) is 0. The first-order chi connectivity index (χ1) is 11.6. The van der Waals surface area contributed by atoms with Crippen LogP contribution in [0, 0.1) is 0 Å². The first-order valence-corrected chi connectivity index (χ1v) is 9.10. The van der Waals surface area contributed by atoms with Crippen molar-refractivity contribution < 1.29 is 9.53 Å². The van der Waals surface area contributed by atoms with Gasteiger partial charge in [-0.25, -0.2) is 4.98 Å². The maximum absolute atomic E-state index is 12.1. The van der Waals surface area contributed by atoms with Crippen molar-refractivity contribution in [3.8, 4) is 0 Å². The van der Waals surface area contributed by atoms with Crippen LogP contribution in [0.2, 0.25) is 0 Å². The van der Waals surface area contributed by atoms with Crippen LogP contribution in [0.4, 0.5) is 10.8 Å². The minimum absolute atomic E-state index is 0.0320. The zero-order valence-corrected chi connectivity index (χ0v) is 15.1. The number of rotatable bonds is 4. The van der Waals surface area contributed by atoms with Crippen molar-refractivity contribution in [1.29, 1.82) is 0 Å². The summed E-state index contributed by atoms with van der Waals surface area (Å²) in [6, 6.07) is 10.0. The van der Waals surface area contributed by atoms with Crippen molar-refractivity contribution in [3.63, 3.8) is 0 Å². The zero-order chi connectivity index (χ0) is 17.1. The van der Waals surface area contributed by atoms with Gasteiger partial charge in [-0.3, -0.25) is 14.6 Å². The molecule has 1 aliphatic heterocycles. The van der Waals surface area contributed by atoms with E-state index in [-0.39, 0.29) is 12.0 Å². The van der Waals surface area contributed by atoms with Gasteiger partial charge in [0, 0.05) is 31.4 Å². The number of amides is 1. The largest absolute Gasteiger partial charge is 0.376 e. The molecule has 6 heteroatoms. The van der Waals surface area contributed by atoms with E-state index in [1.165, 1.54) is 11.3 Å². The highest BCUT2D eigenvalue weighted by Gasteiger charge is 2.26. The Hall–Kier alpha value is -1.76. The minimum atomic E-state index is -0.0320. The Morgan fingerprint density at radius 2 is 2.12 bits per heavy atom. The molecule has 0 bridgehead atoms. The number of carbonyl (C=O) groups excluding carboxylic acids is 1. The van der Waals surface area contributed by atoms with Gasteiger partial charge in [0.25, 0.3) is 0 Å². The molecule has 2 atom stereocenters. The number of para-hydroxylation sites is 1. The molecule has 128 valence electrons. The van der Waals surface area contributed by atoms with E-state index >= 15 is 0 Å². The molecule has 1 amide bonds. The Bertz CT molecular complexity index is 689. The number of carbonyl (C=O) groups is 1. The Balaban J connectivity index is 1.78. The van der Waals surface area contributed by atoms with Crippen molar-refractivity contribution >= 4 is 28.1 Å². The summed E-state index contributed by atoms with van der Waals surface area (Å²) in [4.78, 5) is 20.9. The minimum Gasteiger partial charge on any atom is -0.376 e. The summed E-state index contributed by atoms with van der Waals surface area (Å²) in [6.07, 6.45) is 0.231. The molecule has 0 saturated carbocycles. The van der Waals surface area contributed by atoms with E-state index in [0.717, 1.165) is 36.2 Å². The fraction of sp³-hybridized carbons (Fsp3) is 0.444. The molecule has 24 heavy (non-hydrogen) atoms. The summed E-state index contributed by atoms with van der Waals surface area (Å²) in [6.45, 7) is 8.31. The number of hydrogen-bond acceptors (Lipinski definition) is 5. The van der Waals surface area contributed by atoms with Crippen LogP contribution in [0.1, 0.15) is 26.5 Å². The lowest BCUT2D eigenvalue weighted by Crippen LogP contribution is -2.47. The van der Waals surface area contributed by atoms with Crippen LogP contribution in [-0.2, 0) is 16.1 Å². The van der Waals surface area contributed by atoms with E-state index in [1.54, 1.807) is 11.8 Å². The molecule has 0 radical (unpaired) electrons. The smallest absolute Gasteiger partial charge is 0.230 e. The number of thiazole rings is 1. The first kappa shape index (κ1) is 17.1. The molecular weight excluding hydrogens is 322 g/mol. The second kappa shape index (κ2) is 7.42. The van der Waals surface area contributed by atoms with Gasteiger partial charge >= 0.3 is 0 Å². The van der Waals surface area contributed by atoms with E-state index < -0.39 is 0 Å². The number of morpholine rings is 1. The summed E-state index contributed by atoms with van der Waals surface area (Å²) < 4.78 is 5.68. The van der Waals surface area contributed by atoms with Gasteiger partial charge in [0.15, 0.2) is 5.13 Å². The monoisotopic (exact) mass is 345 g/mol. The second-order valence-electron chi connectivity index (χ2n) is 6.10. The van der Waals surface area contributed by atoms with Crippen LogP contribution >= 0.6 is 11.3 Å². The summed E-state index contributed by atoms with van der Waals surface area (Å²) in [5, 5.41) is 2.76. The number of aromatic nitrogens is 1. The molecule has 1 aromatic heterocycles. The Labute approximate surface area is 146 Å². The van der Waals surface area contributed by atoms with Crippen molar-refractivity contribution in [1.82, 2.24) is 9.88 Å². The molecule has 1 saturated heterocycles. The Kier molecular flexibility index (Phi) is 5.28. The molecule has 2 heterocycles. The zero-order valence-electron chi connectivity index (χ0n) is 14.3. The van der Waals surface area contributed by atoms with Gasteiger partial charge in [-0.2, -0.15) is 0 Å².